The molecule has 0 aromatic heterocycles. The number of amides is 3. The Bertz CT molecular complexity index is 513. The summed E-state index contributed by atoms with van der Waals surface area (Å²) in [7, 11) is 1.53. The van der Waals surface area contributed by atoms with Gasteiger partial charge in [0.2, 0.25) is 17.7 Å². The Labute approximate surface area is 123 Å². The van der Waals surface area contributed by atoms with Crippen LogP contribution in [-0.4, -0.2) is 37.4 Å². The van der Waals surface area contributed by atoms with Crippen molar-refractivity contribution in [1.29, 1.82) is 0 Å². The number of anilines is 2. The van der Waals surface area contributed by atoms with Gasteiger partial charge in [-0.25, -0.2) is 0 Å². The number of benzene rings is 1. The van der Waals surface area contributed by atoms with Crippen molar-refractivity contribution in [2.75, 3.05) is 24.2 Å². The van der Waals surface area contributed by atoms with E-state index in [-0.39, 0.29) is 24.3 Å². The first-order valence-corrected chi connectivity index (χ1v) is 6.55. The van der Waals surface area contributed by atoms with Gasteiger partial charge in [-0.05, 0) is 31.2 Å². The van der Waals surface area contributed by atoms with E-state index in [0.29, 0.717) is 11.4 Å². The Morgan fingerprint density at radius 3 is 2.05 bits per heavy atom. The number of hydrogen-bond acceptors (Lipinski definition) is 4. The fourth-order valence-corrected chi connectivity index (χ4v) is 1.52. The molecule has 0 fully saturated rings. The van der Waals surface area contributed by atoms with Gasteiger partial charge in [0, 0.05) is 25.3 Å². The van der Waals surface area contributed by atoms with Crippen LogP contribution in [0.15, 0.2) is 24.3 Å². The highest BCUT2D eigenvalue weighted by atomic mass is 16.2. The molecule has 7 nitrogen and oxygen atoms in total. The Kier molecular flexibility index (Phi) is 6.35. The highest BCUT2D eigenvalue weighted by Gasteiger charge is 2.13. The number of nitrogens with one attached hydrogen (secondary N) is 4. The number of likely N-dealkylation sites (N-methyl/N-ethyl adjacent to an activating group) is 1. The van der Waals surface area contributed by atoms with Crippen LogP contribution in [0.2, 0.25) is 0 Å². The largest absolute Gasteiger partial charge is 0.358 e. The van der Waals surface area contributed by atoms with Gasteiger partial charge in [0.25, 0.3) is 0 Å². The zero-order valence-corrected chi connectivity index (χ0v) is 12.3. The zero-order valence-electron chi connectivity index (χ0n) is 12.3. The van der Waals surface area contributed by atoms with Gasteiger partial charge in [0.15, 0.2) is 0 Å². The molecule has 21 heavy (non-hydrogen) atoms. The van der Waals surface area contributed by atoms with Gasteiger partial charge < -0.3 is 16.0 Å². The molecule has 114 valence electrons. The maximum Gasteiger partial charge on any atom is 0.241 e. The van der Waals surface area contributed by atoms with Crippen molar-refractivity contribution in [3.63, 3.8) is 0 Å². The molecule has 1 rings (SSSR count). The van der Waals surface area contributed by atoms with Gasteiger partial charge in [0.05, 0.1) is 12.6 Å². The lowest BCUT2D eigenvalue weighted by Crippen LogP contribution is -2.42. The van der Waals surface area contributed by atoms with E-state index < -0.39 is 6.04 Å². The van der Waals surface area contributed by atoms with Gasteiger partial charge in [-0.15, -0.1) is 0 Å². The lowest BCUT2D eigenvalue weighted by molar-refractivity contribution is -0.120. The molecule has 0 unspecified atom stereocenters. The van der Waals surface area contributed by atoms with Crippen molar-refractivity contribution in [1.82, 2.24) is 10.6 Å². The number of carbonyl (C=O) groups excluding carboxylic acids is 3. The average molecular weight is 292 g/mol. The summed E-state index contributed by atoms with van der Waals surface area (Å²) in [6.45, 7) is 3.17. The molecular formula is C14H20N4O3. The lowest BCUT2D eigenvalue weighted by Gasteiger charge is -2.13. The summed E-state index contributed by atoms with van der Waals surface area (Å²) < 4.78 is 0. The van der Waals surface area contributed by atoms with Gasteiger partial charge >= 0.3 is 0 Å². The van der Waals surface area contributed by atoms with Crippen LogP contribution in [0.5, 0.6) is 0 Å². The first-order chi connectivity index (χ1) is 9.92. The van der Waals surface area contributed by atoms with Crippen LogP contribution in [0.25, 0.3) is 0 Å². The normalized spacial score (nSPS) is 11.4. The monoisotopic (exact) mass is 292 g/mol. The van der Waals surface area contributed by atoms with Crippen LogP contribution < -0.4 is 21.3 Å². The Morgan fingerprint density at radius 2 is 1.57 bits per heavy atom. The van der Waals surface area contributed by atoms with Crippen LogP contribution in [0.4, 0.5) is 11.4 Å². The van der Waals surface area contributed by atoms with E-state index in [0.717, 1.165) is 0 Å². The van der Waals surface area contributed by atoms with E-state index in [1.54, 1.807) is 31.2 Å². The van der Waals surface area contributed by atoms with Crippen LogP contribution in [-0.2, 0) is 14.4 Å². The van der Waals surface area contributed by atoms with Crippen molar-refractivity contribution >= 4 is 29.1 Å². The third kappa shape index (κ3) is 6.05. The molecule has 0 heterocycles. The van der Waals surface area contributed by atoms with Crippen molar-refractivity contribution in [3.8, 4) is 0 Å². The second-order valence-electron chi connectivity index (χ2n) is 4.52. The molecule has 1 atom stereocenters. The fraction of sp³-hybridized carbons (Fsp3) is 0.357. The van der Waals surface area contributed by atoms with Crippen LogP contribution in [0.3, 0.4) is 0 Å². The molecule has 0 aliphatic heterocycles. The first kappa shape index (κ1) is 16.6. The first-order valence-electron chi connectivity index (χ1n) is 6.55. The van der Waals surface area contributed by atoms with Gasteiger partial charge in [-0.2, -0.15) is 0 Å². The van der Waals surface area contributed by atoms with Crippen molar-refractivity contribution in [3.05, 3.63) is 24.3 Å². The minimum absolute atomic E-state index is 0.0759. The van der Waals surface area contributed by atoms with Crippen molar-refractivity contribution in [2.24, 2.45) is 0 Å². The molecule has 0 bridgehead atoms. The molecule has 4 N–H and O–H groups in total. The van der Waals surface area contributed by atoms with E-state index in [1.807, 2.05) is 0 Å². The van der Waals surface area contributed by atoms with Gasteiger partial charge in [0.1, 0.15) is 0 Å². The summed E-state index contributed by atoms with van der Waals surface area (Å²) in [5.74, 6) is -0.584. The second-order valence-corrected chi connectivity index (χ2v) is 4.52. The predicted octanol–water partition coefficient (Wildman–Crippen LogP) is 0.308. The summed E-state index contributed by atoms with van der Waals surface area (Å²) >= 11 is 0. The van der Waals surface area contributed by atoms with Crippen LogP contribution in [0.1, 0.15) is 13.8 Å². The Balaban J connectivity index is 2.50. The zero-order chi connectivity index (χ0) is 15.8. The van der Waals surface area contributed by atoms with E-state index in [9.17, 15) is 14.4 Å². The molecular weight excluding hydrogens is 272 g/mol. The summed E-state index contributed by atoms with van der Waals surface area (Å²) in [4.78, 5) is 33.9. The third-order valence-electron chi connectivity index (χ3n) is 2.71. The molecule has 0 aliphatic carbocycles. The van der Waals surface area contributed by atoms with Crippen LogP contribution >= 0.6 is 0 Å². The minimum Gasteiger partial charge on any atom is -0.358 e. The second kappa shape index (κ2) is 8.01. The summed E-state index contributed by atoms with van der Waals surface area (Å²) in [5.41, 5.74) is 1.27. The molecule has 0 saturated carbocycles. The highest BCUT2D eigenvalue weighted by molar-refractivity contribution is 5.95. The van der Waals surface area contributed by atoms with E-state index in [4.69, 9.17) is 0 Å². The topological polar surface area (TPSA) is 99.3 Å². The molecule has 0 radical (unpaired) electrons. The van der Waals surface area contributed by atoms with Crippen molar-refractivity contribution < 1.29 is 14.4 Å². The van der Waals surface area contributed by atoms with E-state index in [1.165, 1.54) is 14.0 Å². The number of rotatable bonds is 6. The standard InChI is InChI=1S/C14H20N4O3/c1-9(16-8-13(20)15-3)14(21)18-12-6-4-11(5-7-12)17-10(2)19/h4-7,9,16H,8H2,1-3H3,(H,15,20)(H,17,19)(H,18,21)/t9-/m0/s1. The molecule has 0 spiro atoms. The fourth-order valence-electron chi connectivity index (χ4n) is 1.52. The van der Waals surface area contributed by atoms with E-state index >= 15 is 0 Å². The van der Waals surface area contributed by atoms with Gasteiger partial charge in [-0.1, -0.05) is 0 Å². The summed E-state index contributed by atoms with van der Waals surface area (Å²) in [5, 5.41) is 10.6. The molecule has 0 aliphatic rings. The summed E-state index contributed by atoms with van der Waals surface area (Å²) in [6, 6.07) is 6.26. The Morgan fingerprint density at radius 1 is 1.05 bits per heavy atom. The smallest absolute Gasteiger partial charge is 0.241 e. The Hall–Kier alpha value is -2.41. The maximum absolute atomic E-state index is 11.9. The summed E-state index contributed by atoms with van der Waals surface area (Å²) in [6.07, 6.45) is 0. The van der Waals surface area contributed by atoms with Gasteiger partial charge in [-0.3, -0.25) is 19.7 Å². The molecule has 1 aromatic rings. The molecule has 7 heteroatoms. The number of carbonyl (C=O) groups is 3. The lowest BCUT2D eigenvalue weighted by atomic mass is 10.2. The molecule has 3 amide bonds. The quantitative estimate of drug-likeness (QED) is 0.606. The minimum atomic E-state index is -0.502. The SMILES string of the molecule is CNC(=O)CN[C@@H](C)C(=O)Nc1ccc(NC(C)=O)cc1. The van der Waals surface area contributed by atoms with E-state index in [2.05, 4.69) is 21.3 Å². The third-order valence-corrected chi connectivity index (χ3v) is 2.71. The van der Waals surface area contributed by atoms with Crippen molar-refractivity contribution in [2.45, 2.75) is 19.9 Å². The predicted molar refractivity (Wildman–Crippen MR) is 80.9 cm³/mol. The molecule has 0 saturated heterocycles. The number of hydrogen-bond donors (Lipinski definition) is 4. The molecule has 1 aromatic carbocycles. The maximum atomic E-state index is 11.9. The highest BCUT2D eigenvalue weighted by Crippen LogP contribution is 2.13. The van der Waals surface area contributed by atoms with Crippen LogP contribution in [0, 0.1) is 0 Å². The average Bonchev–Trinajstić information content (AvgIpc) is 2.45.